The highest BCUT2D eigenvalue weighted by Crippen LogP contribution is 2.23. The summed E-state index contributed by atoms with van der Waals surface area (Å²) in [5.74, 6) is 0. The predicted octanol–water partition coefficient (Wildman–Crippen LogP) is 3.18. The van der Waals surface area contributed by atoms with Gasteiger partial charge in [0.15, 0.2) is 10.1 Å². The predicted molar refractivity (Wildman–Crippen MR) is 131 cm³/mol. The number of halogens is 3. The van der Waals surface area contributed by atoms with Crippen LogP contribution < -0.4 is 5.19 Å². The molecule has 3 rings (SSSR count). The van der Waals surface area contributed by atoms with Gasteiger partial charge in [0.05, 0.1) is 6.04 Å². The van der Waals surface area contributed by atoms with E-state index in [0.717, 1.165) is 30.9 Å². The second kappa shape index (κ2) is 13.9. The van der Waals surface area contributed by atoms with Gasteiger partial charge in [-0.1, -0.05) is 30.7 Å². The summed E-state index contributed by atoms with van der Waals surface area (Å²) in [7, 11) is -8.89. The molecule has 8 nitrogen and oxygen atoms in total. The lowest BCUT2D eigenvalue weighted by molar-refractivity contribution is -0.530. The summed E-state index contributed by atoms with van der Waals surface area (Å²) >= 11 is 0. The first-order valence-corrected chi connectivity index (χ1v) is 15.5. The first-order valence-electron chi connectivity index (χ1n) is 12.3. The van der Waals surface area contributed by atoms with E-state index in [1.807, 2.05) is 20.8 Å². The standard InChI is InChI=1S/C22H37N2O3Si.CHF3O3S/c1-4-25-28(26-5-2,27-6-3)22-14-12-20(13-15-22)18-23-16-17-24(19-23)21-10-8-7-9-11-21;2-1(3,4)8(5,6)7/h12-15,19,21H,4-11,16-18H2,1-3H3;(H,5,6,7)/q+1;/p-1. The third kappa shape index (κ3) is 8.80. The average molecular weight is 555 g/mol. The summed E-state index contributed by atoms with van der Waals surface area (Å²) in [5, 5.41) is 1.05. The highest BCUT2D eigenvalue weighted by molar-refractivity contribution is 7.86. The Balaban J connectivity index is 0.000000493. The second-order valence-corrected chi connectivity index (χ2v) is 12.5. The van der Waals surface area contributed by atoms with E-state index in [1.54, 1.807) is 0 Å². The zero-order chi connectivity index (χ0) is 26.8. The molecule has 0 atom stereocenters. The summed E-state index contributed by atoms with van der Waals surface area (Å²) in [4.78, 5) is 2.57. The zero-order valence-corrected chi connectivity index (χ0v) is 22.9. The molecule has 0 spiro atoms. The van der Waals surface area contributed by atoms with Crippen LogP contribution in [0.5, 0.6) is 0 Å². The number of benzene rings is 1. The van der Waals surface area contributed by atoms with Crippen molar-refractivity contribution in [3.8, 4) is 0 Å². The van der Waals surface area contributed by atoms with Gasteiger partial charge in [0.25, 0.3) is 0 Å². The van der Waals surface area contributed by atoms with E-state index in [2.05, 4.69) is 40.1 Å². The van der Waals surface area contributed by atoms with Crippen LogP contribution >= 0.6 is 0 Å². The maximum Gasteiger partial charge on any atom is 0.537 e. The molecule has 0 saturated heterocycles. The fourth-order valence-corrected chi connectivity index (χ4v) is 6.84. The Hall–Kier alpha value is -1.51. The fraction of sp³-hybridized carbons (Fsp3) is 0.696. The Morgan fingerprint density at radius 1 is 1.00 bits per heavy atom. The van der Waals surface area contributed by atoms with E-state index in [4.69, 9.17) is 26.2 Å². The lowest BCUT2D eigenvalue weighted by Crippen LogP contribution is -2.56. The molecule has 1 aliphatic carbocycles. The largest absolute Gasteiger partial charge is 0.741 e. The van der Waals surface area contributed by atoms with Crippen molar-refractivity contribution in [2.45, 2.75) is 71.0 Å². The molecule has 1 heterocycles. The minimum atomic E-state index is -6.09. The number of rotatable bonds is 10. The van der Waals surface area contributed by atoms with E-state index in [0.29, 0.717) is 19.8 Å². The average Bonchev–Trinajstić information content (AvgIpc) is 3.28. The van der Waals surface area contributed by atoms with Crippen molar-refractivity contribution in [1.29, 1.82) is 0 Å². The molecule has 0 amide bonds. The SMILES string of the molecule is CCO[Si](OCC)(OCC)c1ccc(C[N+]2=CN(C3CCCCC3)CC2)cc1.O=S(=O)([O-])C(F)(F)F. The first-order chi connectivity index (χ1) is 17.0. The molecule has 0 bridgehead atoms. The van der Waals surface area contributed by atoms with Crippen molar-refractivity contribution in [1.82, 2.24) is 4.90 Å². The molecule has 1 aliphatic heterocycles. The van der Waals surface area contributed by atoms with Gasteiger partial charge in [0.1, 0.15) is 19.6 Å². The van der Waals surface area contributed by atoms with E-state index >= 15 is 0 Å². The summed E-state index contributed by atoms with van der Waals surface area (Å²) < 4.78 is 79.4. The lowest BCUT2D eigenvalue weighted by Gasteiger charge is -2.28. The Morgan fingerprint density at radius 2 is 1.50 bits per heavy atom. The Bertz CT molecular complexity index is 921. The van der Waals surface area contributed by atoms with Crippen molar-refractivity contribution >= 4 is 30.4 Å². The fourth-order valence-electron chi connectivity index (χ4n) is 4.37. The van der Waals surface area contributed by atoms with Crippen molar-refractivity contribution in [3.63, 3.8) is 0 Å². The van der Waals surface area contributed by atoms with E-state index in [1.165, 1.54) is 37.7 Å². The van der Waals surface area contributed by atoms with Crippen LogP contribution in [0.15, 0.2) is 24.3 Å². The quantitative estimate of drug-likeness (QED) is 0.190. The van der Waals surface area contributed by atoms with Gasteiger partial charge in [-0.3, -0.25) is 9.48 Å². The molecule has 2 aliphatic rings. The van der Waals surface area contributed by atoms with E-state index in [-0.39, 0.29) is 0 Å². The second-order valence-electron chi connectivity index (χ2n) is 8.57. The van der Waals surface area contributed by atoms with E-state index < -0.39 is 24.4 Å². The van der Waals surface area contributed by atoms with Crippen LogP contribution in [-0.4, -0.2) is 82.0 Å². The number of nitrogens with zero attached hydrogens (tertiary/aromatic N) is 2. The molecule has 206 valence electrons. The molecule has 0 radical (unpaired) electrons. The summed E-state index contributed by atoms with van der Waals surface area (Å²) in [6, 6.07) is 9.43. The molecular formula is C23H37F3N2O6SSi. The van der Waals surface area contributed by atoms with E-state index in [9.17, 15) is 13.2 Å². The van der Waals surface area contributed by atoms with Crippen LogP contribution in [0.3, 0.4) is 0 Å². The summed E-state index contributed by atoms with van der Waals surface area (Å²) in [6.07, 6.45) is 9.28. The maximum atomic E-state index is 10.7. The number of hydrogen-bond acceptors (Lipinski definition) is 7. The highest BCUT2D eigenvalue weighted by Gasteiger charge is 2.43. The summed E-state index contributed by atoms with van der Waals surface area (Å²) in [6.45, 7) is 11.0. The monoisotopic (exact) mass is 554 g/mol. The van der Waals surface area contributed by atoms with Crippen molar-refractivity contribution < 1.29 is 44.0 Å². The Morgan fingerprint density at radius 3 is 1.94 bits per heavy atom. The van der Waals surface area contributed by atoms with Crippen LogP contribution in [0.4, 0.5) is 13.2 Å². The molecule has 13 heteroatoms. The molecule has 0 unspecified atom stereocenters. The van der Waals surface area contributed by atoms with Crippen molar-refractivity contribution in [3.05, 3.63) is 29.8 Å². The van der Waals surface area contributed by atoms with Gasteiger partial charge in [0.2, 0.25) is 6.34 Å². The van der Waals surface area contributed by atoms with Gasteiger partial charge in [-0.05, 0) is 52.0 Å². The zero-order valence-electron chi connectivity index (χ0n) is 21.1. The molecule has 1 saturated carbocycles. The minimum Gasteiger partial charge on any atom is -0.741 e. The van der Waals surface area contributed by atoms with Gasteiger partial charge < -0.3 is 17.8 Å². The lowest BCUT2D eigenvalue weighted by atomic mass is 9.95. The topological polar surface area (TPSA) is 91.1 Å². The number of hydrogen-bond donors (Lipinski definition) is 0. The summed E-state index contributed by atoms with van der Waals surface area (Å²) in [5.41, 5.74) is -4.33. The van der Waals surface area contributed by atoms with Gasteiger partial charge in [-0.2, -0.15) is 13.2 Å². The third-order valence-corrected chi connectivity index (χ3v) is 9.59. The third-order valence-electron chi connectivity index (χ3n) is 5.98. The van der Waals surface area contributed by atoms with Crippen LogP contribution in [0.1, 0.15) is 58.4 Å². The van der Waals surface area contributed by atoms with Gasteiger partial charge in [0, 0.05) is 25.0 Å². The van der Waals surface area contributed by atoms with Gasteiger partial charge in [-0.15, -0.1) is 0 Å². The van der Waals surface area contributed by atoms with Crippen molar-refractivity contribution in [2.24, 2.45) is 0 Å². The Kier molecular flexibility index (Phi) is 11.8. The van der Waals surface area contributed by atoms with Gasteiger partial charge in [-0.25, -0.2) is 8.42 Å². The van der Waals surface area contributed by atoms with Crippen LogP contribution in [-0.2, 0) is 29.9 Å². The smallest absolute Gasteiger partial charge is 0.537 e. The molecule has 0 aromatic heterocycles. The minimum absolute atomic E-state index is 0.591. The normalized spacial score (nSPS) is 17.5. The first kappa shape index (κ1) is 30.7. The molecule has 1 fully saturated rings. The highest BCUT2D eigenvalue weighted by atomic mass is 32.2. The van der Waals surface area contributed by atoms with Crippen LogP contribution in [0.2, 0.25) is 0 Å². The van der Waals surface area contributed by atoms with Crippen LogP contribution in [0.25, 0.3) is 0 Å². The maximum absolute atomic E-state index is 10.7. The molecule has 1 aromatic carbocycles. The van der Waals surface area contributed by atoms with Gasteiger partial charge >= 0.3 is 14.3 Å². The molecule has 1 aromatic rings. The van der Waals surface area contributed by atoms with Crippen molar-refractivity contribution in [2.75, 3.05) is 32.9 Å². The van der Waals surface area contributed by atoms with Crippen LogP contribution in [0, 0.1) is 0 Å². The molecule has 0 N–H and O–H groups in total. The molecule has 36 heavy (non-hydrogen) atoms. The Labute approximate surface area is 213 Å². The number of alkyl halides is 3. The molecular weight excluding hydrogens is 517 g/mol.